The van der Waals surface area contributed by atoms with Crippen LogP contribution in [0.3, 0.4) is 0 Å². The number of benzene rings is 5. The van der Waals surface area contributed by atoms with Crippen LogP contribution in [-0.4, -0.2) is 4.57 Å². The molecule has 168 valence electrons. The second-order valence-electron chi connectivity index (χ2n) is 9.97. The lowest BCUT2D eigenvalue weighted by Crippen LogP contribution is -2.14. The molecule has 1 aromatic heterocycles. The van der Waals surface area contributed by atoms with Crippen LogP contribution in [0.25, 0.3) is 49.7 Å². The Bertz CT molecular complexity index is 1770. The van der Waals surface area contributed by atoms with E-state index in [1.54, 1.807) is 0 Å². The molecule has 0 bridgehead atoms. The molecule has 1 nitrogen and oxygen atoms in total. The summed E-state index contributed by atoms with van der Waals surface area (Å²) in [5, 5.41) is 3.06. The SMILES string of the molecule is CC1(C)c2ccccc2-c2ccc(-c3ccc4c(c3)c3c(Cl)cccc3n4-c3ccccc3)cc21. The van der Waals surface area contributed by atoms with Crippen LogP contribution in [0.4, 0.5) is 0 Å². The van der Waals surface area contributed by atoms with Gasteiger partial charge in [-0.3, -0.25) is 0 Å². The van der Waals surface area contributed by atoms with Gasteiger partial charge in [-0.15, -0.1) is 0 Å². The summed E-state index contributed by atoms with van der Waals surface area (Å²) in [6.07, 6.45) is 0. The van der Waals surface area contributed by atoms with Crippen molar-refractivity contribution in [3.63, 3.8) is 0 Å². The Morgan fingerprint density at radius 1 is 0.600 bits per heavy atom. The molecule has 6 aromatic rings. The number of halogens is 1. The van der Waals surface area contributed by atoms with Crippen LogP contribution in [0, 0.1) is 0 Å². The molecular weight excluding hydrogens is 446 g/mol. The zero-order valence-corrected chi connectivity index (χ0v) is 20.5. The lowest BCUT2D eigenvalue weighted by atomic mass is 9.81. The number of rotatable bonds is 2. The first-order valence-corrected chi connectivity index (χ1v) is 12.4. The predicted molar refractivity (Wildman–Crippen MR) is 149 cm³/mol. The summed E-state index contributed by atoms with van der Waals surface area (Å²) in [6.45, 7) is 4.66. The first kappa shape index (κ1) is 20.6. The molecule has 0 N–H and O–H groups in total. The van der Waals surface area contributed by atoms with Crippen molar-refractivity contribution in [3.05, 3.63) is 125 Å². The van der Waals surface area contributed by atoms with Gasteiger partial charge in [0.05, 0.1) is 16.1 Å². The Balaban J connectivity index is 1.46. The van der Waals surface area contributed by atoms with Crippen LogP contribution in [-0.2, 0) is 5.41 Å². The lowest BCUT2D eigenvalue weighted by Gasteiger charge is -2.22. The largest absolute Gasteiger partial charge is 0.309 e. The molecule has 0 fully saturated rings. The molecule has 1 aliphatic carbocycles. The van der Waals surface area contributed by atoms with Gasteiger partial charge in [0.25, 0.3) is 0 Å². The molecule has 0 saturated heterocycles. The van der Waals surface area contributed by atoms with Crippen molar-refractivity contribution in [2.75, 3.05) is 0 Å². The van der Waals surface area contributed by atoms with Crippen molar-refractivity contribution in [2.24, 2.45) is 0 Å². The van der Waals surface area contributed by atoms with Crippen molar-refractivity contribution >= 4 is 33.4 Å². The molecule has 35 heavy (non-hydrogen) atoms. The average Bonchev–Trinajstić information content (AvgIpc) is 3.34. The highest BCUT2D eigenvalue weighted by molar-refractivity contribution is 6.38. The number of para-hydroxylation sites is 1. The van der Waals surface area contributed by atoms with E-state index in [9.17, 15) is 0 Å². The quantitative estimate of drug-likeness (QED) is 0.238. The van der Waals surface area contributed by atoms with Crippen molar-refractivity contribution in [2.45, 2.75) is 19.3 Å². The number of hydrogen-bond donors (Lipinski definition) is 0. The highest BCUT2D eigenvalue weighted by atomic mass is 35.5. The van der Waals surface area contributed by atoms with Crippen LogP contribution in [0.1, 0.15) is 25.0 Å². The second kappa shape index (κ2) is 7.34. The Kier molecular flexibility index (Phi) is 4.31. The first-order valence-electron chi connectivity index (χ1n) is 12.1. The maximum absolute atomic E-state index is 6.79. The van der Waals surface area contributed by atoms with Crippen molar-refractivity contribution in [3.8, 4) is 27.9 Å². The van der Waals surface area contributed by atoms with Gasteiger partial charge in [-0.1, -0.05) is 92.2 Å². The van der Waals surface area contributed by atoms with E-state index in [-0.39, 0.29) is 5.41 Å². The van der Waals surface area contributed by atoms with E-state index in [1.165, 1.54) is 38.8 Å². The first-order chi connectivity index (χ1) is 17.0. The monoisotopic (exact) mass is 469 g/mol. The Morgan fingerprint density at radius 3 is 2.17 bits per heavy atom. The molecule has 2 heteroatoms. The zero-order valence-electron chi connectivity index (χ0n) is 19.7. The maximum Gasteiger partial charge on any atom is 0.0556 e. The summed E-state index contributed by atoms with van der Waals surface area (Å²) >= 11 is 6.79. The van der Waals surface area contributed by atoms with Gasteiger partial charge >= 0.3 is 0 Å². The third-order valence-corrected chi connectivity index (χ3v) is 7.99. The predicted octanol–water partition coefficient (Wildman–Crippen LogP) is 9.41. The highest BCUT2D eigenvalue weighted by Gasteiger charge is 2.35. The van der Waals surface area contributed by atoms with Crippen LogP contribution in [0.5, 0.6) is 0 Å². The molecule has 1 aliphatic rings. The van der Waals surface area contributed by atoms with Crippen LogP contribution >= 0.6 is 11.6 Å². The summed E-state index contributed by atoms with van der Waals surface area (Å²) in [4.78, 5) is 0. The Labute approximate surface area is 210 Å². The average molecular weight is 470 g/mol. The minimum atomic E-state index is -0.0152. The molecule has 0 radical (unpaired) electrons. The van der Waals surface area contributed by atoms with Gasteiger partial charge in [0.15, 0.2) is 0 Å². The molecule has 5 aromatic carbocycles. The topological polar surface area (TPSA) is 4.93 Å². The third kappa shape index (κ3) is 2.89. The van der Waals surface area contributed by atoms with Gasteiger partial charge in [0.2, 0.25) is 0 Å². The smallest absolute Gasteiger partial charge is 0.0556 e. The fourth-order valence-electron chi connectivity index (χ4n) is 5.95. The standard InChI is InChI=1S/C33H24ClN/c1-33(2)27-12-7-6-11-24(27)25-17-15-22(20-28(25)33)21-16-18-30-26(19-21)32-29(34)13-8-14-31(32)35(30)23-9-4-3-5-10-23/h3-20H,1-2H3. The number of fused-ring (bicyclic) bond motifs is 6. The molecular formula is C33H24ClN. The minimum absolute atomic E-state index is 0.0152. The molecule has 0 saturated carbocycles. The van der Waals surface area contributed by atoms with E-state index < -0.39 is 0 Å². The van der Waals surface area contributed by atoms with E-state index in [4.69, 9.17) is 11.6 Å². The lowest BCUT2D eigenvalue weighted by molar-refractivity contribution is 0.660. The molecule has 0 amide bonds. The van der Waals surface area contributed by atoms with Crippen molar-refractivity contribution in [1.29, 1.82) is 0 Å². The summed E-state index contributed by atoms with van der Waals surface area (Å²) < 4.78 is 2.31. The van der Waals surface area contributed by atoms with E-state index >= 15 is 0 Å². The molecule has 0 aliphatic heterocycles. The van der Waals surface area contributed by atoms with Crippen LogP contribution < -0.4 is 0 Å². The normalized spacial score (nSPS) is 13.8. The van der Waals surface area contributed by atoms with Crippen LogP contribution in [0.2, 0.25) is 5.02 Å². The number of hydrogen-bond acceptors (Lipinski definition) is 0. The van der Waals surface area contributed by atoms with Crippen molar-refractivity contribution in [1.82, 2.24) is 4.57 Å². The fourth-order valence-corrected chi connectivity index (χ4v) is 6.22. The van der Waals surface area contributed by atoms with Gasteiger partial charge in [-0.2, -0.15) is 0 Å². The molecule has 0 atom stereocenters. The Hall–Kier alpha value is -3.81. The van der Waals surface area contributed by atoms with E-state index in [2.05, 4.69) is 115 Å². The highest BCUT2D eigenvalue weighted by Crippen LogP contribution is 2.49. The van der Waals surface area contributed by atoms with Gasteiger partial charge in [-0.25, -0.2) is 0 Å². The summed E-state index contributed by atoms with van der Waals surface area (Å²) in [5.74, 6) is 0. The molecule has 7 rings (SSSR count). The summed E-state index contributed by atoms with van der Waals surface area (Å²) in [6, 6.07) is 39.2. The zero-order chi connectivity index (χ0) is 23.7. The molecule has 0 unspecified atom stereocenters. The fraction of sp³-hybridized carbons (Fsp3) is 0.0909. The van der Waals surface area contributed by atoms with Crippen molar-refractivity contribution < 1.29 is 0 Å². The van der Waals surface area contributed by atoms with E-state index in [0.717, 1.165) is 27.1 Å². The Morgan fingerprint density at radius 2 is 1.31 bits per heavy atom. The number of aromatic nitrogens is 1. The van der Waals surface area contributed by atoms with Gasteiger partial charge in [0.1, 0.15) is 0 Å². The summed E-state index contributed by atoms with van der Waals surface area (Å²) in [7, 11) is 0. The summed E-state index contributed by atoms with van der Waals surface area (Å²) in [5.41, 5.74) is 11.3. The van der Waals surface area contributed by atoms with Gasteiger partial charge in [0, 0.05) is 21.9 Å². The second-order valence-corrected chi connectivity index (χ2v) is 10.4. The van der Waals surface area contributed by atoms with Gasteiger partial charge in [-0.05, 0) is 75.8 Å². The van der Waals surface area contributed by atoms with Gasteiger partial charge < -0.3 is 4.57 Å². The minimum Gasteiger partial charge on any atom is -0.309 e. The van der Waals surface area contributed by atoms with E-state index in [1.807, 2.05) is 12.1 Å². The van der Waals surface area contributed by atoms with Crippen LogP contribution in [0.15, 0.2) is 109 Å². The maximum atomic E-state index is 6.79. The van der Waals surface area contributed by atoms with E-state index in [0.29, 0.717) is 0 Å². The molecule has 1 heterocycles. The molecule has 0 spiro atoms. The number of nitrogens with zero attached hydrogens (tertiary/aromatic N) is 1. The third-order valence-electron chi connectivity index (χ3n) is 7.67.